The minimum absolute atomic E-state index is 0.0613. The van der Waals surface area contributed by atoms with Crippen LogP contribution in [0.15, 0.2) is 48.7 Å². The third-order valence-corrected chi connectivity index (χ3v) is 4.50. The molecule has 0 saturated carbocycles. The minimum atomic E-state index is -0.274. The van der Waals surface area contributed by atoms with Crippen LogP contribution >= 0.6 is 0 Å². The van der Waals surface area contributed by atoms with Gasteiger partial charge in [0.25, 0.3) is 0 Å². The SMILES string of the molecule is Cc1cc(NC(=O)C2CCC(=O)N(C)C2c2ccccc2)ccn1. The van der Waals surface area contributed by atoms with Gasteiger partial charge in [-0.15, -0.1) is 0 Å². The zero-order chi connectivity index (χ0) is 17.1. The van der Waals surface area contributed by atoms with Crippen molar-refractivity contribution >= 4 is 17.5 Å². The van der Waals surface area contributed by atoms with E-state index in [4.69, 9.17) is 0 Å². The largest absolute Gasteiger partial charge is 0.338 e. The van der Waals surface area contributed by atoms with Crippen LogP contribution in [-0.4, -0.2) is 28.7 Å². The normalized spacial score (nSPS) is 20.8. The molecular formula is C19H21N3O2. The van der Waals surface area contributed by atoms with Gasteiger partial charge in [-0.3, -0.25) is 14.6 Å². The molecule has 1 aliphatic rings. The first-order valence-corrected chi connectivity index (χ1v) is 8.10. The van der Waals surface area contributed by atoms with Crippen molar-refractivity contribution in [3.63, 3.8) is 0 Å². The van der Waals surface area contributed by atoms with E-state index in [9.17, 15) is 9.59 Å². The Balaban J connectivity index is 1.86. The summed E-state index contributed by atoms with van der Waals surface area (Å²) >= 11 is 0. The van der Waals surface area contributed by atoms with Crippen LogP contribution in [0.25, 0.3) is 0 Å². The maximum atomic E-state index is 12.8. The van der Waals surface area contributed by atoms with Crippen molar-refractivity contribution in [2.75, 3.05) is 12.4 Å². The number of aromatic nitrogens is 1. The summed E-state index contributed by atoms with van der Waals surface area (Å²) in [6, 6.07) is 13.1. The first kappa shape index (κ1) is 16.2. The second-order valence-corrected chi connectivity index (χ2v) is 6.18. The maximum Gasteiger partial charge on any atom is 0.229 e. The Morgan fingerprint density at radius 1 is 1.25 bits per heavy atom. The highest BCUT2D eigenvalue weighted by Crippen LogP contribution is 2.36. The van der Waals surface area contributed by atoms with Crippen molar-refractivity contribution in [2.24, 2.45) is 5.92 Å². The molecule has 1 aromatic carbocycles. The molecule has 5 heteroatoms. The number of piperidine rings is 1. The number of rotatable bonds is 3. The summed E-state index contributed by atoms with van der Waals surface area (Å²) in [4.78, 5) is 30.8. The van der Waals surface area contributed by atoms with E-state index in [1.165, 1.54) is 0 Å². The number of carbonyl (C=O) groups is 2. The number of hydrogen-bond acceptors (Lipinski definition) is 3. The number of amides is 2. The Bertz CT molecular complexity index is 745. The van der Waals surface area contributed by atoms with Crippen LogP contribution in [0.2, 0.25) is 0 Å². The van der Waals surface area contributed by atoms with Crippen molar-refractivity contribution in [2.45, 2.75) is 25.8 Å². The lowest BCUT2D eigenvalue weighted by molar-refractivity contribution is -0.140. The predicted molar refractivity (Wildman–Crippen MR) is 92.3 cm³/mol. The molecule has 1 N–H and O–H groups in total. The van der Waals surface area contributed by atoms with Crippen molar-refractivity contribution in [3.8, 4) is 0 Å². The Kier molecular flexibility index (Phi) is 4.60. The van der Waals surface area contributed by atoms with Crippen LogP contribution in [0.3, 0.4) is 0 Å². The number of aryl methyl sites for hydroxylation is 1. The molecule has 2 unspecified atom stereocenters. The first-order valence-electron chi connectivity index (χ1n) is 8.10. The number of hydrogen-bond donors (Lipinski definition) is 1. The van der Waals surface area contributed by atoms with E-state index in [1.54, 1.807) is 24.2 Å². The van der Waals surface area contributed by atoms with E-state index < -0.39 is 0 Å². The van der Waals surface area contributed by atoms with Crippen molar-refractivity contribution in [1.82, 2.24) is 9.88 Å². The van der Waals surface area contributed by atoms with Crippen LogP contribution in [0, 0.1) is 12.8 Å². The van der Waals surface area contributed by atoms with Crippen LogP contribution in [0.1, 0.15) is 30.1 Å². The number of anilines is 1. The van der Waals surface area contributed by atoms with E-state index in [0.717, 1.165) is 16.9 Å². The lowest BCUT2D eigenvalue weighted by Gasteiger charge is -2.38. The second-order valence-electron chi connectivity index (χ2n) is 6.18. The van der Waals surface area contributed by atoms with E-state index in [1.807, 2.05) is 43.3 Å². The fraction of sp³-hybridized carbons (Fsp3) is 0.316. The molecule has 0 radical (unpaired) electrons. The van der Waals surface area contributed by atoms with Gasteiger partial charge in [0.2, 0.25) is 11.8 Å². The molecule has 0 aliphatic carbocycles. The van der Waals surface area contributed by atoms with E-state index in [2.05, 4.69) is 10.3 Å². The van der Waals surface area contributed by atoms with Crippen molar-refractivity contribution in [3.05, 3.63) is 59.9 Å². The van der Waals surface area contributed by atoms with Gasteiger partial charge in [-0.05, 0) is 31.0 Å². The zero-order valence-corrected chi connectivity index (χ0v) is 13.9. The minimum Gasteiger partial charge on any atom is -0.338 e. The molecule has 1 aliphatic heterocycles. The highest BCUT2D eigenvalue weighted by molar-refractivity contribution is 5.94. The van der Waals surface area contributed by atoms with Gasteiger partial charge in [0.1, 0.15) is 0 Å². The molecule has 2 amide bonds. The molecular weight excluding hydrogens is 302 g/mol. The molecule has 2 heterocycles. The summed E-state index contributed by atoms with van der Waals surface area (Å²) in [6.07, 6.45) is 2.63. The van der Waals surface area contributed by atoms with Gasteiger partial charge < -0.3 is 10.2 Å². The highest BCUT2D eigenvalue weighted by Gasteiger charge is 2.38. The molecule has 3 rings (SSSR count). The van der Waals surface area contributed by atoms with Gasteiger partial charge in [-0.1, -0.05) is 30.3 Å². The monoisotopic (exact) mass is 323 g/mol. The van der Waals surface area contributed by atoms with E-state index >= 15 is 0 Å². The van der Waals surface area contributed by atoms with Gasteiger partial charge in [0.05, 0.1) is 12.0 Å². The highest BCUT2D eigenvalue weighted by atomic mass is 16.2. The lowest BCUT2D eigenvalue weighted by Crippen LogP contribution is -2.44. The number of pyridine rings is 1. The number of likely N-dealkylation sites (tertiary alicyclic amines) is 1. The molecule has 1 fully saturated rings. The Morgan fingerprint density at radius 2 is 2.00 bits per heavy atom. The Morgan fingerprint density at radius 3 is 2.71 bits per heavy atom. The molecule has 0 bridgehead atoms. The quantitative estimate of drug-likeness (QED) is 0.944. The lowest BCUT2D eigenvalue weighted by atomic mass is 9.84. The molecule has 1 saturated heterocycles. The summed E-state index contributed by atoms with van der Waals surface area (Å²) in [6.45, 7) is 1.88. The van der Waals surface area contributed by atoms with Gasteiger partial charge in [-0.25, -0.2) is 0 Å². The number of benzene rings is 1. The van der Waals surface area contributed by atoms with Gasteiger partial charge >= 0.3 is 0 Å². The summed E-state index contributed by atoms with van der Waals surface area (Å²) in [5.41, 5.74) is 2.57. The van der Waals surface area contributed by atoms with Crippen LogP contribution in [0.5, 0.6) is 0 Å². The third-order valence-electron chi connectivity index (χ3n) is 4.50. The van der Waals surface area contributed by atoms with E-state index in [-0.39, 0.29) is 23.8 Å². The molecule has 0 spiro atoms. The van der Waals surface area contributed by atoms with Gasteiger partial charge in [0.15, 0.2) is 0 Å². The third kappa shape index (κ3) is 3.30. The first-order chi connectivity index (χ1) is 11.6. The molecule has 2 atom stereocenters. The summed E-state index contributed by atoms with van der Waals surface area (Å²) in [7, 11) is 1.77. The fourth-order valence-electron chi connectivity index (χ4n) is 3.28. The summed E-state index contributed by atoms with van der Waals surface area (Å²) in [5, 5.41) is 2.97. The number of nitrogens with one attached hydrogen (secondary N) is 1. The number of nitrogens with zero attached hydrogens (tertiary/aromatic N) is 2. The maximum absolute atomic E-state index is 12.8. The van der Waals surface area contributed by atoms with Crippen LogP contribution < -0.4 is 5.32 Å². The van der Waals surface area contributed by atoms with Crippen LogP contribution in [-0.2, 0) is 9.59 Å². The fourth-order valence-corrected chi connectivity index (χ4v) is 3.28. The van der Waals surface area contributed by atoms with Crippen molar-refractivity contribution in [1.29, 1.82) is 0 Å². The standard InChI is InChI=1S/C19H21N3O2/c1-13-12-15(10-11-20-13)21-19(24)16-8-9-17(23)22(2)18(16)14-6-4-3-5-7-14/h3-7,10-12,16,18H,8-9H2,1-2H3,(H,20,21,24). The molecule has 24 heavy (non-hydrogen) atoms. The topological polar surface area (TPSA) is 62.3 Å². The zero-order valence-electron chi connectivity index (χ0n) is 13.9. The summed E-state index contributed by atoms with van der Waals surface area (Å²) < 4.78 is 0. The van der Waals surface area contributed by atoms with E-state index in [0.29, 0.717) is 12.8 Å². The number of carbonyl (C=O) groups excluding carboxylic acids is 2. The molecule has 1 aromatic heterocycles. The van der Waals surface area contributed by atoms with Crippen LogP contribution in [0.4, 0.5) is 5.69 Å². The Labute approximate surface area is 141 Å². The Hall–Kier alpha value is -2.69. The predicted octanol–water partition coefficient (Wildman–Crippen LogP) is 2.94. The summed E-state index contributed by atoms with van der Waals surface area (Å²) in [5.74, 6) is -0.259. The second kappa shape index (κ2) is 6.83. The average Bonchev–Trinajstić information content (AvgIpc) is 2.58. The van der Waals surface area contributed by atoms with Gasteiger partial charge in [-0.2, -0.15) is 0 Å². The average molecular weight is 323 g/mol. The van der Waals surface area contributed by atoms with Gasteiger partial charge in [0, 0.05) is 31.0 Å². The molecule has 124 valence electrons. The molecule has 5 nitrogen and oxygen atoms in total. The van der Waals surface area contributed by atoms with Crippen molar-refractivity contribution < 1.29 is 9.59 Å². The molecule has 2 aromatic rings. The smallest absolute Gasteiger partial charge is 0.229 e.